The molecule has 17 heavy (non-hydrogen) atoms. The van der Waals surface area contributed by atoms with E-state index in [1.165, 1.54) is 0 Å². The maximum Gasteiger partial charge on any atom is 0.244 e. The number of nitrogens with zero attached hydrogens (tertiary/aromatic N) is 1. The van der Waals surface area contributed by atoms with E-state index in [1.807, 2.05) is 13.8 Å². The lowest BCUT2D eigenvalue weighted by atomic mass is 10.1. The maximum absolute atomic E-state index is 12.2. The zero-order valence-corrected chi connectivity index (χ0v) is 11.7. The van der Waals surface area contributed by atoms with E-state index in [4.69, 9.17) is 0 Å². The van der Waals surface area contributed by atoms with Crippen LogP contribution in [0.5, 0.6) is 0 Å². The molecule has 0 bridgehead atoms. The number of aromatic amines is 1. The lowest BCUT2D eigenvalue weighted by Crippen LogP contribution is -2.34. The third-order valence-electron chi connectivity index (χ3n) is 2.78. The number of nitrogens with one attached hydrogen (secondary N) is 2. The Bertz CT molecular complexity index is 446. The van der Waals surface area contributed by atoms with E-state index >= 15 is 0 Å². The molecular weight excluding hydrogens is 238 g/mol. The first-order valence-corrected chi connectivity index (χ1v) is 7.44. The maximum atomic E-state index is 12.2. The topological polar surface area (TPSA) is 74.8 Å². The van der Waals surface area contributed by atoms with E-state index in [2.05, 4.69) is 14.9 Å². The first kappa shape index (κ1) is 14.2. The zero-order chi connectivity index (χ0) is 13.1. The lowest BCUT2D eigenvalue weighted by Gasteiger charge is -2.16. The van der Waals surface area contributed by atoms with Crippen LogP contribution in [0.2, 0.25) is 0 Å². The van der Waals surface area contributed by atoms with E-state index in [0.29, 0.717) is 11.4 Å². The molecule has 98 valence electrons. The average Bonchev–Trinajstić information content (AvgIpc) is 2.58. The van der Waals surface area contributed by atoms with Crippen LogP contribution in [-0.2, 0) is 10.0 Å². The molecular formula is C11H21N3O2S. The SMILES string of the molecule is CCCC(CC)NS(=O)(=O)c1c(C)n[nH]c1C. The second-order valence-corrected chi connectivity index (χ2v) is 5.93. The minimum absolute atomic E-state index is 0.00120. The minimum Gasteiger partial charge on any atom is -0.281 e. The van der Waals surface area contributed by atoms with Crippen LogP contribution in [-0.4, -0.2) is 24.7 Å². The summed E-state index contributed by atoms with van der Waals surface area (Å²) in [5.74, 6) is 0. The monoisotopic (exact) mass is 259 g/mol. The van der Waals surface area contributed by atoms with E-state index < -0.39 is 10.0 Å². The molecule has 5 nitrogen and oxygen atoms in total. The van der Waals surface area contributed by atoms with Crippen LogP contribution in [0, 0.1) is 13.8 Å². The van der Waals surface area contributed by atoms with Crippen LogP contribution in [0.1, 0.15) is 44.5 Å². The van der Waals surface area contributed by atoms with E-state index in [9.17, 15) is 8.42 Å². The van der Waals surface area contributed by atoms with Gasteiger partial charge in [-0.15, -0.1) is 0 Å². The van der Waals surface area contributed by atoms with Crippen molar-refractivity contribution in [2.24, 2.45) is 0 Å². The molecule has 0 amide bonds. The van der Waals surface area contributed by atoms with Crippen molar-refractivity contribution in [3.05, 3.63) is 11.4 Å². The Morgan fingerprint density at radius 1 is 1.35 bits per heavy atom. The largest absolute Gasteiger partial charge is 0.281 e. The molecule has 1 atom stereocenters. The molecule has 6 heteroatoms. The Balaban J connectivity index is 2.96. The molecule has 1 rings (SSSR count). The van der Waals surface area contributed by atoms with Gasteiger partial charge in [0.15, 0.2) is 0 Å². The zero-order valence-electron chi connectivity index (χ0n) is 10.9. The van der Waals surface area contributed by atoms with Crippen LogP contribution in [0.4, 0.5) is 0 Å². The molecule has 0 spiro atoms. The smallest absolute Gasteiger partial charge is 0.244 e. The van der Waals surface area contributed by atoms with Crippen molar-refractivity contribution in [2.45, 2.75) is 57.9 Å². The molecule has 2 N–H and O–H groups in total. The Kier molecular flexibility index (Phi) is 4.70. The van der Waals surface area contributed by atoms with Gasteiger partial charge in [-0.25, -0.2) is 13.1 Å². The summed E-state index contributed by atoms with van der Waals surface area (Å²) in [6.07, 6.45) is 2.61. The van der Waals surface area contributed by atoms with Gasteiger partial charge < -0.3 is 0 Å². The number of aromatic nitrogens is 2. The van der Waals surface area contributed by atoms with Crippen LogP contribution >= 0.6 is 0 Å². The minimum atomic E-state index is -3.46. The van der Waals surface area contributed by atoms with E-state index in [1.54, 1.807) is 13.8 Å². The van der Waals surface area contributed by atoms with Crippen LogP contribution < -0.4 is 4.72 Å². The van der Waals surface area contributed by atoms with Crippen molar-refractivity contribution >= 4 is 10.0 Å². The molecule has 1 unspecified atom stereocenters. The van der Waals surface area contributed by atoms with Gasteiger partial charge in [0.05, 0.1) is 11.4 Å². The molecule has 0 saturated carbocycles. The standard InChI is InChI=1S/C11H21N3O2S/c1-5-7-10(6-2)14-17(15,16)11-8(3)12-13-9(11)4/h10,14H,5-7H2,1-4H3,(H,12,13). The summed E-state index contributed by atoms with van der Waals surface area (Å²) in [5, 5.41) is 6.61. The Labute approximate surface area is 103 Å². The summed E-state index contributed by atoms with van der Waals surface area (Å²) >= 11 is 0. The lowest BCUT2D eigenvalue weighted by molar-refractivity contribution is 0.512. The molecule has 1 heterocycles. The van der Waals surface area contributed by atoms with Crippen molar-refractivity contribution in [1.29, 1.82) is 0 Å². The number of H-pyrrole nitrogens is 1. The third-order valence-corrected chi connectivity index (χ3v) is 4.56. The number of hydrogen-bond donors (Lipinski definition) is 2. The summed E-state index contributed by atoms with van der Waals surface area (Å²) in [7, 11) is -3.46. The van der Waals surface area contributed by atoms with Gasteiger partial charge in [-0.05, 0) is 26.7 Å². The summed E-state index contributed by atoms with van der Waals surface area (Å²) < 4.78 is 27.2. The summed E-state index contributed by atoms with van der Waals surface area (Å²) in [6, 6.07) is -0.00120. The quantitative estimate of drug-likeness (QED) is 0.819. The van der Waals surface area contributed by atoms with Crippen molar-refractivity contribution in [3.63, 3.8) is 0 Å². The van der Waals surface area contributed by atoms with Gasteiger partial charge in [0, 0.05) is 6.04 Å². The van der Waals surface area contributed by atoms with Gasteiger partial charge >= 0.3 is 0 Å². The number of hydrogen-bond acceptors (Lipinski definition) is 3. The van der Waals surface area contributed by atoms with Crippen LogP contribution in [0.15, 0.2) is 4.90 Å². The fourth-order valence-electron chi connectivity index (χ4n) is 1.91. The molecule has 0 aliphatic carbocycles. The number of rotatable bonds is 6. The number of sulfonamides is 1. The first-order valence-electron chi connectivity index (χ1n) is 5.96. The predicted molar refractivity (Wildman–Crippen MR) is 67.4 cm³/mol. The van der Waals surface area contributed by atoms with Gasteiger partial charge in [0.1, 0.15) is 4.90 Å². The average molecular weight is 259 g/mol. The van der Waals surface area contributed by atoms with Crippen molar-refractivity contribution < 1.29 is 8.42 Å². The summed E-state index contributed by atoms with van der Waals surface area (Å²) in [6.45, 7) is 7.44. The second-order valence-electron chi connectivity index (χ2n) is 4.28. The second kappa shape index (κ2) is 5.64. The van der Waals surface area contributed by atoms with Crippen molar-refractivity contribution in [3.8, 4) is 0 Å². The fourth-order valence-corrected chi connectivity index (χ4v) is 3.63. The Morgan fingerprint density at radius 2 is 2.00 bits per heavy atom. The van der Waals surface area contributed by atoms with Crippen molar-refractivity contribution in [1.82, 2.24) is 14.9 Å². The first-order chi connectivity index (χ1) is 7.92. The van der Waals surface area contributed by atoms with Crippen molar-refractivity contribution in [2.75, 3.05) is 0 Å². The van der Waals surface area contributed by atoms with Gasteiger partial charge in [-0.2, -0.15) is 5.10 Å². The highest BCUT2D eigenvalue weighted by Gasteiger charge is 2.24. The predicted octanol–water partition coefficient (Wildman–Crippen LogP) is 1.88. The summed E-state index contributed by atoms with van der Waals surface area (Å²) in [5.41, 5.74) is 1.10. The van der Waals surface area contributed by atoms with Gasteiger partial charge in [-0.1, -0.05) is 20.3 Å². The third kappa shape index (κ3) is 3.29. The normalized spacial score (nSPS) is 13.9. The van der Waals surface area contributed by atoms with Gasteiger partial charge in [0.25, 0.3) is 0 Å². The highest BCUT2D eigenvalue weighted by molar-refractivity contribution is 7.89. The van der Waals surface area contributed by atoms with Gasteiger partial charge in [-0.3, -0.25) is 5.10 Å². The number of aryl methyl sites for hydroxylation is 2. The van der Waals surface area contributed by atoms with Crippen LogP contribution in [0.3, 0.4) is 0 Å². The Hall–Kier alpha value is -0.880. The molecule has 0 aliphatic heterocycles. The molecule has 0 aromatic carbocycles. The molecule has 0 fully saturated rings. The molecule has 1 aromatic heterocycles. The molecule has 0 saturated heterocycles. The molecule has 0 aliphatic rings. The van der Waals surface area contributed by atoms with E-state index in [-0.39, 0.29) is 10.9 Å². The van der Waals surface area contributed by atoms with E-state index in [0.717, 1.165) is 19.3 Å². The highest BCUT2D eigenvalue weighted by Crippen LogP contribution is 2.17. The van der Waals surface area contributed by atoms with Crippen LogP contribution in [0.25, 0.3) is 0 Å². The molecule has 0 radical (unpaired) electrons. The van der Waals surface area contributed by atoms with Gasteiger partial charge in [0.2, 0.25) is 10.0 Å². The summed E-state index contributed by atoms with van der Waals surface area (Å²) in [4.78, 5) is 0.284. The molecule has 1 aromatic rings. The fraction of sp³-hybridized carbons (Fsp3) is 0.727. The highest BCUT2D eigenvalue weighted by atomic mass is 32.2. The Morgan fingerprint density at radius 3 is 2.41 bits per heavy atom.